The summed E-state index contributed by atoms with van der Waals surface area (Å²) in [7, 11) is 3.59. The fraction of sp³-hybridized carbons (Fsp3) is 0.667. The number of methoxy groups -OCH3 is 1. The average Bonchev–Trinajstić information content (AvgIpc) is 2.35. The highest BCUT2D eigenvalue weighted by molar-refractivity contribution is 5.39. The minimum atomic E-state index is 0.223. The number of aromatic nitrogens is 2. The minimum absolute atomic E-state index is 0.223. The minimum Gasteiger partial charge on any atom is -0.481 e. The van der Waals surface area contributed by atoms with Crippen molar-refractivity contribution in [3.8, 4) is 5.88 Å². The summed E-state index contributed by atoms with van der Waals surface area (Å²) in [5.41, 5.74) is 6.01. The molecule has 0 aromatic carbocycles. The van der Waals surface area contributed by atoms with Crippen LogP contribution in [0.5, 0.6) is 5.88 Å². The van der Waals surface area contributed by atoms with Gasteiger partial charge in [-0.1, -0.05) is 13.8 Å². The number of nitrogens with zero attached hydrogens (tertiary/aromatic N) is 3. The van der Waals surface area contributed by atoms with Crippen molar-refractivity contribution in [2.75, 3.05) is 25.6 Å². The fourth-order valence-corrected chi connectivity index (χ4v) is 1.44. The lowest BCUT2D eigenvalue weighted by atomic mass is 10.0. The number of ether oxygens (including phenoxy) is 1. The zero-order chi connectivity index (χ0) is 12.8. The second-order valence-corrected chi connectivity index (χ2v) is 4.54. The van der Waals surface area contributed by atoms with E-state index in [4.69, 9.17) is 10.5 Å². The first-order chi connectivity index (χ1) is 8.04. The normalized spacial score (nSPS) is 12.6. The molecule has 96 valence electrons. The molecule has 0 radical (unpaired) electrons. The van der Waals surface area contributed by atoms with Crippen LogP contribution in [-0.2, 0) is 0 Å². The predicted octanol–water partition coefficient (Wildman–Crippen LogP) is 1.29. The van der Waals surface area contributed by atoms with Gasteiger partial charge in [0.1, 0.15) is 12.1 Å². The molecular weight excluding hydrogens is 216 g/mol. The van der Waals surface area contributed by atoms with Gasteiger partial charge < -0.3 is 15.4 Å². The maximum absolute atomic E-state index is 6.01. The van der Waals surface area contributed by atoms with Gasteiger partial charge in [0.25, 0.3) is 0 Å². The van der Waals surface area contributed by atoms with Crippen molar-refractivity contribution in [3.63, 3.8) is 0 Å². The van der Waals surface area contributed by atoms with Crippen molar-refractivity contribution < 1.29 is 4.74 Å². The standard InChI is InChI=1S/C12H22N4O/c1-9(2)10(13)5-6-16(3)11-7-12(17-4)15-8-14-11/h7-10H,5-6,13H2,1-4H3. The van der Waals surface area contributed by atoms with E-state index < -0.39 is 0 Å². The van der Waals surface area contributed by atoms with Gasteiger partial charge in [-0.25, -0.2) is 9.97 Å². The molecular formula is C12H22N4O. The first kappa shape index (κ1) is 13.7. The number of anilines is 1. The topological polar surface area (TPSA) is 64.3 Å². The summed E-state index contributed by atoms with van der Waals surface area (Å²) in [6.45, 7) is 5.15. The van der Waals surface area contributed by atoms with Gasteiger partial charge in [0.05, 0.1) is 7.11 Å². The third-order valence-corrected chi connectivity index (χ3v) is 2.88. The highest BCUT2D eigenvalue weighted by Gasteiger charge is 2.10. The van der Waals surface area contributed by atoms with Gasteiger partial charge in [0.15, 0.2) is 0 Å². The van der Waals surface area contributed by atoms with Crippen LogP contribution in [-0.4, -0.2) is 36.7 Å². The molecule has 0 bridgehead atoms. The summed E-state index contributed by atoms with van der Waals surface area (Å²) < 4.78 is 5.07. The summed E-state index contributed by atoms with van der Waals surface area (Å²) >= 11 is 0. The van der Waals surface area contributed by atoms with E-state index in [9.17, 15) is 0 Å². The molecule has 0 amide bonds. The van der Waals surface area contributed by atoms with E-state index in [1.165, 1.54) is 6.33 Å². The number of rotatable bonds is 6. The lowest BCUT2D eigenvalue weighted by molar-refractivity contribution is 0.396. The van der Waals surface area contributed by atoms with E-state index in [0.29, 0.717) is 11.8 Å². The maximum atomic E-state index is 6.01. The maximum Gasteiger partial charge on any atom is 0.218 e. The molecule has 17 heavy (non-hydrogen) atoms. The Hall–Kier alpha value is -1.36. The summed E-state index contributed by atoms with van der Waals surface area (Å²) in [5, 5.41) is 0. The molecule has 1 atom stereocenters. The summed E-state index contributed by atoms with van der Waals surface area (Å²) in [5.74, 6) is 1.94. The molecule has 1 unspecified atom stereocenters. The van der Waals surface area contributed by atoms with Crippen LogP contribution in [0.15, 0.2) is 12.4 Å². The SMILES string of the molecule is COc1cc(N(C)CCC(N)C(C)C)ncn1. The van der Waals surface area contributed by atoms with Crippen LogP contribution >= 0.6 is 0 Å². The van der Waals surface area contributed by atoms with Crippen LogP contribution in [0, 0.1) is 5.92 Å². The Morgan fingerprint density at radius 2 is 2.12 bits per heavy atom. The van der Waals surface area contributed by atoms with E-state index in [2.05, 4.69) is 28.7 Å². The van der Waals surface area contributed by atoms with Crippen LogP contribution in [0.1, 0.15) is 20.3 Å². The van der Waals surface area contributed by atoms with E-state index in [1.54, 1.807) is 7.11 Å². The van der Waals surface area contributed by atoms with E-state index in [-0.39, 0.29) is 6.04 Å². The third kappa shape index (κ3) is 4.19. The molecule has 5 heteroatoms. The van der Waals surface area contributed by atoms with Crippen molar-refractivity contribution in [2.24, 2.45) is 11.7 Å². The molecule has 0 aliphatic rings. The Labute approximate surface area is 103 Å². The number of nitrogens with two attached hydrogens (primary N) is 1. The van der Waals surface area contributed by atoms with Crippen molar-refractivity contribution in [1.82, 2.24) is 9.97 Å². The van der Waals surface area contributed by atoms with Crippen LogP contribution < -0.4 is 15.4 Å². The van der Waals surface area contributed by atoms with Gasteiger partial charge in [-0.05, 0) is 12.3 Å². The molecule has 1 heterocycles. The first-order valence-electron chi connectivity index (χ1n) is 5.87. The molecule has 0 fully saturated rings. The molecule has 0 saturated carbocycles. The second kappa shape index (κ2) is 6.39. The molecule has 1 aromatic rings. The summed E-state index contributed by atoms with van der Waals surface area (Å²) in [6, 6.07) is 2.04. The van der Waals surface area contributed by atoms with Gasteiger partial charge in [0, 0.05) is 25.7 Å². The van der Waals surface area contributed by atoms with Crippen LogP contribution in [0.3, 0.4) is 0 Å². The van der Waals surface area contributed by atoms with E-state index in [1.807, 2.05) is 13.1 Å². The first-order valence-corrected chi connectivity index (χ1v) is 5.87. The van der Waals surface area contributed by atoms with Crippen molar-refractivity contribution in [1.29, 1.82) is 0 Å². The molecule has 0 saturated heterocycles. The Kier molecular flexibility index (Phi) is 5.15. The average molecular weight is 238 g/mol. The van der Waals surface area contributed by atoms with Gasteiger partial charge in [-0.15, -0.1) is 0 Å². The molecule has 0 aliphatic carbocycles. The van der Waals surface area contributed by atoms with Gasteiger partial charge >= 0.3 is 0 Å². The van der Waals surface area contributed by atoms with Crippen LogP contribution in [0.2, 0.25) is 0 Å². The summed E-state index contributed by atoms with van der Waals surface area (Å²) in [6.07, 6.45) is 2.45. The monoisotopic (exact) mass is 238 g/mol. The lowest BCUT2D eigenvalue weighted by Gasteiger charge is -2.22. The zero-order valence-corrected chi connectivity index (χ0v) is 11.1. The van der Waals surface area contributed by atoms with E-state index >= 15 is 0 Å². The molecule has 0 aliphatic heterocycles. The fourth-order valence-electron chi connectivity index (χ4n) is 1.44. The molecule has 2 N–H and O–H groups in total. The molecule has 1 rings (SSSR count). The largest absolute Gasteiger partial charge is 0.481 e. The molecule has 1 aromatic heterocycles. The predicted molar refractivity (Wildman–Crippen MR) is 69.3 cm³/mol. The molecule has 0 spiro atoms. The number of hydrogen-bond acceptors (Lipinski definition) is 5. The van der Waals surface area contributed by atoms with Crippen LogP contribution in [0.25, 0.3) is 0 Å². The summed E-state index contributed by atoms with van der Waals surface area (Å²) in [4.78, 5) is 10.2. The van der Waals surface area contributed by atoms with Crippen molar-refractivity contribution >= 4 is 5.82 Å². The Bertz CT molecular complexity index is 343. The third-order valence-electron chi connectivity index (χ3n) is 2.88. The van der Waals surface area contributed by atoms with E-state index in [0.717, 1.165) is 18.8 Å². The lowest BCUT2D eigenvalue weighted by Crippen LogP contribution is -2.32. The van der Waals surface area contributed by atoms with Crippen molar-refractivity contribution in [3.05, 3.63) is 12.4 Å². The Morgan fingerprint density at radius 1 is 1.41 bits per heavy atom. The highest BCUT2D eigenvalue weighted by Crippen LogP contribution is 2.14. The molecule has 5 nitrogen and oxygen atoms in total. The zero-order valence-electron chi connectivity index (χ0n) is 11.1. The van der Waals surface area contributed by atoms with Gasteiger partial charge in [0.2, 0.25) is 5.88 Å². The van der Waals surface area contributed by atoms with Gasteiger partial charge in [-0.3, -0.25) is 0 Å². The quantitative estimate of drug-likeness (QED) is 0.809. The number of hydrogen-bond donors (Lipinski definition) is 1. The van der Waals surface area contributed by atoms with Crippen molar-refractivity contribution in [2.45, 2.75) is 26.3 Å². The Balaban J connectivity index is 2.54. The van der Waals surface area contributed by atoms with Gasteiger partial charge in [-0.2, -0.15) is 0 Å². The van der Waals surface area contributed by atoms with Crippen LogP contribution in [0.4, 0.5) is 5.82 Å². The Morgan fingerprint density at radius 3 is 2.71 bits per heavy atom. The highest BCUT2D eigenvalue weighted by atomic mass is 16.5. The second-order valence-electron chi connectivity index (χ2n) is 4.54. The smallest absolute Gasteiger partial charge is 0.218 e.